The Morgan fingerprint density at radius 2 is 1.81 bits per heavy atom. The van der Waals surface area contributed by atoms with E-state index in [1.54, 1.807) is 36.4 Å². The van der Waals surface area contributed by atoms with E-state index in [1.807, 2.05) is 13.0 Å². The topological polar surface area (TPSA) is 63.2 Å². The van der Waals surface area contributed by atoms with Crippen molar-refractivity contribution < 1.29 is 13.2 Å². The Bertz CT molecular complexity index is 900. The van der Waals surface area contributed by atoms with Crippen LogP contribution in [0.25, 0.3) is 0 Å². The highest BCUT2D eigenvalue weighted by molar-refractivity contribution is 7.99. The van der Waals surface area contributed by atoms with Crippen LogP contribution in [-0.4, -0.2) is 26.3 Å². The molecular formula is C19H21Cl2NO3S2. The predicted octanol–water partition coefficient (Wildman–Crippen LogP) is 4.90. The molecule has 0 radical (unpaired) electrons. The van der Waals surface area contributed by atoms with Crippen LogP contribution in [0, 0.1) is 0 Å². The van der Waals surface area contributed by atoms with E-state index >= 15 is 0 Å². The molecule has 1 atom stereocenters. The Hall–Kier alpha value is -1.21. The summed E-state index contributed by atoms with van der Waals surface area (Å²) in [6.07, 6.45) is 1.88. The van der Waals surface area contributed by atoms with E-state index in [0.29, 0.717) is 28.0 Å². The molecule has 0 saturated carbocycles. The van der Waals surface area contributed by atoms with Crippen LogP contribution in [0.4, 0.5) is 0 Å². The van der Waals surface area contributed by atoms with Gasteiger partial charge in [0, 0.05) is 22.1 Å². The number of hydrogen-bond acceptors (Lipinski definition) is 4. The summed E-state index contributed by atoms with van der Waals surface area (Å²) in [5.41, 5.74) is 1.81. The Morgan fingerprint density at radius 1 is 1.15 bits per heavy atom. The Kier molecular flexibility index (Phi) is 8.04. The van der Waals surface area contributed by atoms with Gasteiger partial charge in [-0.15, -0.1) is 11.8 Å². The smallest absolute Gasteiger partial charge is 0.230 e. The number of sulfone groups is 1. The summed E-state index contributed by atoms with van der Waals surface area (Å²) >= 11 is 13.5. The van der Waals surface area contributed by atoms with Crippen LogP contribution in [-0.2, 0) is 20.4 Å². The van der Waals surface area contributed by atoms with E-state index in [1.165, 1.54) is 18.0 Å². The van der Waals surface area contributed by atoms with Crippen molar-refractivity contribution in [1.82, 2.24) is 5.32 Å². The van der Waals surface area contributed by atoms with Crippen molar-refractivity contribution in [3.63, 3.8) is 0 Å². The third-order valence-corrected chi connectivity index (χ3v) is 6.66. The molecule has 0 saturated heterocycles. The maximum atomic E-state index is 12.3. The molecule has 0 spiro atoms. The maximum Gasteiger partial charge on any atom is 0.230 e. The molecule has 1 unspecified atom stereocenters. The summed E-state index contributed by atoms with van der Waals surface area (Å²) in [6.45, 7) is 1.97. The van der Waals surface area contributed by atoms with Crippen molar-refractivity contribution in [1.29, 1.82) is 0 Å². The molecule has 27 heavy (non-hydrogen) atoms. The number of rotatable bonds is 8. The zero-order valence-electron chi connectivity index (χ0n) is 15.0. The highest BCUT2D eigenvalue weighted by atomic mass is 35.5. The number of carbonyl (C=O) groups is 1. The van der Waals surface area contributed by atoms with Gasteiger partial charge in [-0.2, -0.15) is 0 Å². The van der Waals surface area contributed by atoms with Crippen LogP contribution in [0.2, 0.25) is 10.0 Å². The molecule has 0 fully saturated rings. The fourth-order valence-electron chi connectivity index (χ4n) is 2.50. The minimum absolute atomic E-state index is 0.0795. The molecule has 0 aliphatic carbocycles. The molecule has 0 aliphatic heterocycles. The molecule has 0 aromatic heterocycles. The van der Waals surface area contributed by atoms with Crippen molar-refractivity contribution in [2.45, 2.75) is 30.0 Å². The van der Waals surface area contributed by atoms with Crippen molar-refractivity contribution in [2.75, 3.05) is 12.0 Å². The number of amides is 1. The van der Waals surface area contributed by atoms with Gasteiger partial charge in [-0.05, 0) is 41.8 Å². The van der Waals surface area contributed by atoms with Crippen LogP contribution >= 0.6 is 35.0 Å². The summed E-state index contributed by atoms with van der Waals surface area (Å²) < 4.78 is 23.1. The van der Waals surface area contributed by atoms with Crippen molar-refractivity contribution in [2.24, 2.45) is 0 Å². The normalized spacial score (nSPS) is 12.6. The van der Waals surface area contributed by atoms with E-state index in [2.05, 4.69) is 5.32 Å². The molecule has 4 nitrogen and oxygen atoms in total. The van der Waals surface area contributed by atoms with Gasteiger partial charge in [-0.25, -0.2) is 8.42 Å². The minimum Gasteiger partial charge on any atom is -0.349 e. The average Bonchev–Trinajstić information content (AvgIpc) is 2.61. The number of hydrogen-bond donors (Lipinski definition) is 1. The molecule has 0 heterocycles. The Balaban J connectivity index is 1.91. The van der Waals surface area contributed by atoms with Crippen molar-refractivity contribution >= 4 is 50.7 Å². The number of benzene rings is 2. The Labute approximate surface area is 174 Å². The highest BCUT2D eigenvalue weighted by Crippen LogP contribution is 2.25. The summed E-state index contributed by atoms with van der Waals surface area (Å²) in [7, 11) is -3.23. The number of thioether (sulfide) groups is 1. The van der Waals surface area contributed by atoms with Crippen LogP contribution in [0.1, 0.15) is 30.5 Å². The summed E-state index contributed by atoms with van der Waals surface area (Å²) in [6, 6.07) is 11.8. The molecule has 1 amide bonds. The number of nitrogens with one attached hydrogen (secondary N) is 1. The van der Waals surface area contributed by atoms with E-state index in [4.69, 9.17) is 23.2 Å². The van der Waals surface area contributed by atoms with E-state index < -0.39 is 9.84 Å². The van der Waals surface area contributed by atoms with Crippen molar-refractivity contribution in [3.05, 3.63) is 63.6 Å². The third-order valence-electron chi connectivity index (χ3n) is 3.96. The SMILES string of the molecule is CCC(NC(=O)CSCc1ccc(Cl)cc1Cl)c1ccc(S(C)(=O)=O)cc1. The van der Waals surface area contributed by atoms with Gasteiger partial charge in [0.1, 0.15) is 0 Å². The van der Waals surface area contributed by atoms with Crippen LogP contribution in [0.15, 0.2) is 47.4 Å². The van der Waals surface area contributed by atoms with Crippen LogP contribution in [0.3, 0.4) is 0 Å². The highest BCUT2D eigenvalue weighted by Gasteiger charge is 2.14. The molecule has 2 aromatic carbocycles. The Morgan fingerprint density at radius 3 is 2.37 bits per heavy atom. The van der Waals surface area contributed by atoms with Gasteiger partial charge in [0.2, 0.25) is 5.91 Å². The van der Waals surface area contributed by atoms with Crippen LogP contribution in [0.5, 0.6) is 0 Å². The van der Waals surface area contributed by atoms with Gasteiger partial charge in [-0.1, -0.05) is 48.3 Å². The second-order valence-corrected chi connectivity index (χ2v) is 9.94. The standard InChI is InChI=1S/C19H21Cl2NO3S2/c1-3-18(13-5-8-16(9-6-13)27(2,24)25)22-19(23)12-26-11-14-4-7-15(20)10-17(14)21/h4-10,18H,3,11-12H2,1-2H3,(H,22,23). The predicted molar refractivity (Wildman–Crippen MR) is 113 cm³/mol. The summed E-state index contributed by atoms with van der Waals surface area (Å²) in [5, 5.41) is 4.16. The minimum atomic E-state index is -3.23. The second kappa shape index (κ2) is 9.82. The molecular weight excluding hydrogens is 425 g/mol. The average molecular weight is 446 g/mol. The first-order chi connectivity index (χ1) is 12.7. The molecule has 0 aliphatic rings. The molecule has 0 bridgehead atoms. The fraction of sp³-hybridized carbons (Fsp3) is 0.316. The zero-order chi connectivity index (χ0) is 20.0. The van der Waals surface area contributed by atoms with Crippen molar-refractivity contribution in [3.8, 4) is 0 Å². The van der Waals surface area contributed by atoms with E-state index in [9.17, 15) is 13.2 Å². The third kappa shape index (κ3) is 6.71. The molecule has 2 rings (SSSR count). The molecule has 146 valence electrons. The molecule has 1 N–H and O–H groups in total. The maximum absolute atomic E-state index is 12.3. The van der Waals surface area contributed by atoms with E-state index in [-0.39, 0.29) is 16.8 Å². The lowest BCUT2D eigenvalue weighted by atomic mass is 10.0. The first kappa shape index (κ1) is 22.1. The largest absolute Gasteiger partial charge is 0.349 e. The van der Waals surface area contributed by atoms with Gasteiger partial charge >= 0.3 is 0 Å². The second-order valence-electron chi connectivity index (χ2n) is 6.10. The van der Waals surface area contributed by atoms with Crippen LogP contribution < -0.4 is 5.32 Å². The van der Waals surface area contributed by atoms with Gasteiger partial charge in [-0.3, -0.25) is 4.79 Å². The number of carbonyl (C=O) groups excluding carboxylic acids is 1. The monoisotopic (exact) mass is 445 g/mol. The first-order valence-electron chi connectivity index (χ1n) is 8.31. The lowest BCUT2D eigenvalue weighted by Gasteiger charge is -2.18. The zero-order valence-corrected chi connectivity index (χ0v) is 18.2. The van der Waals surface area contributed by atoms with Gasteiger partial charge in [0.25, 0.3) is 0 Å². The molecule has 8 heteroatoms. The summed E-state index contributed by atoms with van der Waals surface area (Å²) in [4.78, 5) is 12.5. The van der Waals surface area contributed by atoms with Gasteiger partial charge in [0.15, 0.2) is 9.84 Å². The lowest BCUT2D eigenvalue weighted by molar-refractivity contribution is -0.119. The lowest BCUT2D eigenvalue weighted by Crippen LogP contribution is -2.29. The fourth-order valence-corrected chi connectivity index (χ4v) is 4.52. The van der Waals surface area contributed by atoms with E-state index in [0.717, 1.165) is 11.1 Å². The van der Waals surface area contributed by atoms with Gasteiger partial charge < -0.3 is 5.32 Å². The molecule has 2 aromatic rings. The quantitative estimate of drug-likeness (QED) is 0.627. The number of halogens is 2. The first-order valence-corrected chi connectivity index (χ1v) is 12.1. The van der Waals surface area contributed by atoms with Gasteiger partial charge in [0.05, 0.1) is 16.7 Å². The summed E-state index contributed by atoms with van der Waals surface area (Å²) in [5.74, 6) is 0.837.